The van der Waals surface area contributed by atoms with Gasteiger partial charge in [0.1, 0.15) is 0 Å². The zero-order valence-corrected chi connectivity index (χ0v) is 10.5. The molecule has 0 aliphatic heterocycles. The van der Waals surface area contributed by atoms with Crippen LogP contribution < -0.4 is 0 Å². The molecule has 12 heavy (non-hydrogen) atoms. The molecule has 2 rings (SSSR count). The molecule has 2 aromatic rings. The molecule has 0 bridgehead atoms. The first-order valence-electron chi connectivity index (χ1n) is 3.44. The second-order valence-electron chi connectivity index (χ2n) is 2.26. The number of benzene rings is 1. The van der Waals surface area contributed by atoms with Crippen molar-refractivity contribution < 1.29 is 17.3 Å². The Kier molecular flexibility index (Phi) is 3.70. The van der Waals surface area contributed by atoms with Crippen LogP contribution in [0.2, 0.25) is 0 Å². The first-order valence-corrected chi connectivity index (χ1v) is 7.34. The van der Waals surface area contributed by atoms with Gasteiger partial charge in [0.15, 0.2) is 0 Å². The van der Waals surface area contributed by atoms with Gasteiger partial charge in [0.05, 0.1) is 0 Å². The second-order valence-corrected chi connectivity index (χ2v) is 2.26. The number of rotatable bonds is 0. The van der Waals surface area contributed by atoms with E-state index in [4.69, 9.17) is 9.69 Å². The molecule has 0 saturated heterocycles. The molecule has 0 aliphatic carbocycles. The van der Waals surface area contributed by atoms with E-state index in [2.05, 4.69) is 11.3 Å². The molecule has 58 valence electrons. The fourth-order valence-corrected chi connectivity index (χ4v) is 1.03. The summed E-state index contributed by atoms with van der Waals surface area (Å²) >= 11 is 0.847. The van der Waals surface area contributed by atoms with E-state index in [9.17, 15) is 0 Å². The summed E-state index contributed by atoms with van der Waals surface area (Å²) < 4.78 is 1.88. The minimum absolute atomic E-state index is 0.847. The van der Waals surface area contributed by atoms with Crippen LogP contribution in [0.15, 0.2) is 24.3 Å². The average Bonchev–Trinajstić information content (AvgIpc) is 2.53. The number of imidazole rings is 1. The maximum atomic E-state index is 4.76. The zero-order chi connectivity index (χ0) is 8.97. The predicted octanol–water partition coefficient (Wildman–Crippen LogP) is 2.06. The van der Waals surface area contributed by atoms with Crippen LogP contribution in [0.25, 0.3) is 11.0 Å². The number of hydrogen-bond acceptors (Lipinski definition) is 1. The number of fused-ring (bicyclic) bond motifs is 1. The Morgan fingerprint density at radius 3 is 2.75 bits per heavy atom. The van der Waals surface area contributed by atoms with E-state index in [0.717, 1.165) is 28.3 Å². The minimum atomic E-state index is 0.847. The number of aromatic nitrogens is 2. The summed E-state index contributed by atoms with van der Waals surface area (Å²) in [6.07, 6.45) is 2.84. The van der Waals surface area contributed by atoms with Crippen molar-refractivity contribution in [1.29, 1.82) is 0 Å². The van der Waals surface area contributed by atoms with E-state index in [0.29, 0.717) is 0 Å². The van der Waals surface area contributed by atoms with Crippen LogP contribution in [0.4, 0.5) is 0 Å². The van der Waals surface area contributed by atoms with Gasteiger partial charge in [-0.25, -0.2) is 0 Å². The molecular weight excluding hydrogens is 225 g/mol. The van der Waals surface area contributed by atoms with Crippen LogP contribution in [0.1, 0.15) is 0 Å². The summed E-state index contributed by atoms with van der Waals surface area (Å²) in [5, 5.41) is 0. The summed E-state index contributed by atoms with van der Waals surface area (Å²) in [6.45, 7) is 0. The van der Waals surface area contributed by atoms with Gasteiger partial charge in [-0.05, 0) is 7.05 Å². The molecule has 0 atom stereocenters. The van der Waals surface area contributed by atoms with Crippen molar-refractivity contribution in [3.8, 4) is 0 Å². The van der Waals surface area contributed by atoms with E-state index in [1.165, 1.54) is 0 Å². The third-order valence-corrected chi connectivity index (χ3v) is 1.56. The Morgan fingerprint density at radius 1 is 1.42 bits per heavy atom. The van der Waals surface area contributed by atoms with E-state index in [1.807, 2.05) is 35.9 Å². The summed E-state index contributed by atoms with van der Waals surface area (Å²) in [5.41, 5.74) is 2.13. The Labute approximate surface area is 85.3 Å². The molecule has 0 radical (unpaired) electrons. The van der Waals surface area contributed by atoms with E-state index in [1.54, 1.807) is 0 Å². The fraction of sp³-hybridized carbons (Fsp3) is 0.125. The first kappa shape index (κ1) is 9.69. The van der Waals surface area contributed by atoms with Crippen LogP contribution in [0.5, 0.6) is 0 Å². The first-order chi connectivity index (χ1) is 5.88. The van der Waals surface area contributed by atoms with Crippen molar-refractivity contribution in [3.63, 3.8) is 0 Å². The fourth-order valence-electron chi connectivity index (χ4n) is 1.03. The van der Waals surface area contributed by atoms with Crippen molar-refractivity contribution >= 4 is 20.7 Å². The monoisotopic (exact) mass is 230 g/mol. The summed E-state index contributed by atoms with van der Waals surface area (Å²) in [5.74, 6) is 0. The van der Waals surface area contributed by atoms with Gasteiger partial charge in [0.2, 0.25) is 0 Å². The van der Waals surface area contributed by atoms with Gasteiger partial charge in [-0.2, -0.15) is 0 Å². The normalized spacial score (nSPS) is 9.33. The molecular formula is C8H7ClN2Zn. The van der Waals surface area contributed by atoms with Gasteiger partial charge in [0, 0.05) is 6.33 Å². The Morgan fingerprint density at radius 2 is 2.08 bits per heavy atom. The SMILES string of the molecule is Cn1[c-]nc2ccccc21.[Cl][Zn+]. The Balaban J connectivity index is 0.000000336. The van der Waals surface area contributed by atoms with E-state index >= 15 is 0 Å². The third-order valence-electron chi connectivity index (χ3n) is 1.56. The summed E-state index contributed by atoms with van der Waals surface area (Å²) in [4.78, 5) is 4.06. The van der Waals surface area contributed by atoms with Crippen molar-refractivity contribution in [1.82, 2.24) is 9.55 Å². The molecule has 0 aliphatic rings. The van der Waals surface area contributed by atoms with Crippen molar-refractivity contribution in [2.24, 2.45) is 7.05 Å². The van der Waals surface area contributed by atoms with Gasteiger partial charge in [-0.1, -0.05) is 23.2 Å². The van der Waals surface area contributed by atoms with Crippen LogP contribution >= 0.6 is 9.69 Å². The van der Waals surface area contributed by atoms with Crippen LogP contribution in [-0.2, 0) is 24.4 Å². The predicted molar refractivity (Wildman–Crippen MR) is 45.4 cm³/mol. The molecule has 0 N–H and O–H groups in total. The molecule has 0 fully saturated rings. The summed E-state index contributed by atoms with van der Waals surface area (Å²) in [7, 11) is 6.70. The van der Waals surface area contributed by atoms with E-state index in [-0.39, 0.29) is 0 Å². The number of hydrogen-bond donors (Lipinski definition) is 0. The quantitative estimate of drug-likeness (QED) is 0.502. The van der Waals surface area contributed by atoms with Crippen molar-refractivity contribution in [2.45, 2.75) is 0 Å². The third kappa shape index (κ3) is 1.85. The molecule has 0 spiro atoms. The van der Waals surface area contributed by atoms with Gasteiger partial charge in [0.25, 0.3) is 0 Å². The van der Waals surface area contributed by atoms with Crippen LogP contribution in [0.3, 0.4) is 0 Å². The average molecular weight is 232 g/mol. The standard InChI is InChI=1S/C8H7N2.ClH.Zn/c1-10-6-9-7-4-2-3-5-8(7)10;;/h2-5H,1H3;1H;/q-1;;+2/p-1. The molecule has 1 aromatic heterocycles. The summed E-state index contributed by atoms with van der Waals surface area (Å²) in [6, 6.07) is 7.98. The van der Waals surface area contributed by atoms with E-state index < -0.39 is 0 Å². The topological polar surface area (TPSA) is 17.8 Å². The van der Waals surface area contributed by atoms with Gasteiger partial charge in [-0.3, -0.25) is 0 Å². The number of halogens is 1. The molecule has 1 heterocycles. The number of aryl methyl sites for hydroxylation is 1. The molecule has 0 unspecified atom stereocenters. The Hall–Kier alpha value is -0.397. The number of para-hydroxylation sites is 2. The van der Waals surface area contributed by atoms with Crippen molar-refractivity contribution in [2.75, 3.05) is 0 Å². The van der Waals surface area contributed by atoms with Gasteiger partial charge < -0.3 is 9.55 Å². The molecule has 4 heteroatoms. The molecule has 2 nitrogen and oxygen atoms in total. The maximum absolute atomic E-state index is 4.76. The van der Waals surface area contributed by atoms with Gasteiger partial charge in [-0.15, -0.1) is 12.1 Å². The Bertz CT molecular complexity index is 359. The van der Waals surface area contributed by atoms with Gasteiger partial charge >= 0.3 is 27.0 Å². The second kappa shape index (κ2) is 4.59. The number of nitrogens with zero attached hydrogens (tertiary/aromatic N) is 2. The van der Waals surface area contributed by atoms with Crippen molar-refractivity contribution in [3.05, 3.63) is 30.6 Å². The zero-order valence-electron chi connectivity index (χ0n) is 6.79. The van der Waals surface area contributed by atoms with Crippen LogP contribution in [0, 0.1) is 6.33 Å². The van der Waals surface area contributed by atoms with Crippen LogP contribution in [-0.4, -0.2) is 9.55 Å². The molecule has 0 amide bonds. The molecule has 0 saturated carbocycles. The molecule has 1 aromatic carbocycles.